The average molecular weight is 265 g/mol. The Morgan fingerprint density at radius 3 is 2.89 bits per heavy atom. The molecule has 3 heteroatoms. The predicted octanol–water partition coefficient (Wildman–Crippen LogP) is 3.56. The number of rotatable bonds is 9. The lowest BCUT2D eigenvalue weighted by Crippen LogP contribution is -2.16. The van der Waals surface area contributed by atoms with Crippen LogP contribution in [0, 0.1) is 11.8 Å². The zero-order valence-electron chi connectivity index (χ0n) is 12.4. The molecule has 1 aliphatic rings. The van der Waals surface area contributed by atoms with Gasteiger partial charge in [-0.25, -0.2) is 0 Å². The van der Waals surface area contributed by atoms with Crippen molar-refractivity contribution in [3.63, 3.8) is 0 Å². The Hall–Kier alpha value is -0.800. The zero-order valence-corrected chi connectivity index (χ0v) is 12.4. The van der Waals surface area contributed by atoms with Crippen molar-refractivity contribution in [1.29, 1.82) is 0 Å². The molecular weight excluding hydrogens is 238 g/mol. The van der Waals surface area contributed by atoms with E-state index in [1.165, 1.54) is 12.2 Å². The van der Waals surface area contributed by atoms with E-state index in [9.17, 15) is 0 Å². The van der Waals surface area contributed by atoms with Gasteiger partial charge in [0.1, 0.15) is 11.5 Å². The average Bonchev–Trinajstić information content (AvgIpc) is 2.90. The van der Waals surface area contributed by atoms with Crippen LogP contribution in [0.5, 0.6) is 0 Å². The van der Waals surface area contributed by atoms with Crippen LogP contribution in [0.15, 0.2) is 16.5 Å². The first-order valence-electron chi connectivity index (χ1n) is 7.54. The molecule has 1 aromatic heterocycles. The predicted molar refractivity (Wildman–Crippen MR) is 77.2 cm³/mol. The molecule has 2 rings (SSSR count). The first-order chi connectivity index (χ1) is 9.16. The Kier molecular flexibility index (Phi) is 5.46. The summed E-state index contributed by atoms with van der Waals surface area (Å²) in [5.74, 6) is 4.34. The second-order valence-corrected chi connectivity index (χ2v) is 6.12. The molecule has 19 heavy (non-hydrogen) atoms. The number of nitrogens with one attached hydrogen (secondary N) is 1. The Morgan fingerprint density at radius 1 is 1.42 bits per heavy atom. The molecule has 0 bridgehead atoms. The van der Waals surface area contributed by atoms with Crippen LogP contribution >= 0.6 is 0 Å². The number of hydrogen-bond donors (Lipinski definition) is 1. The summed E-state index contributed by atoms with van der Waals surface area (Å²) < 4.78 is 11.4. The van der Waals surface area contributed by atoms with Gasteiger partial charge in [0.25, 0.3) is 0 Å². The van der Waals surface area contributed by atoms with E-state index in [2.05, 4.69) is 38.2 Å². The van der Waals surface area contributed by atoms with Crippen LogP contribution in [0.1, 0.15) is 51.1 Å². The number of ether oxygens (including phenoxy) is 1. The fourth-order valence-corrected chi connectivity index (χ4v) is 2.24. The monoisotopic (exact) mass is 265 g/mol. The van der Waals surface area contributed by atoms with Gasteiger partial charge in [-0.15, -0.1) is 0 Å². The molecule has 1 aromatic rings. The van der Waals surface area contributed by atoms with Crippen LogP contribution in [0.2, 0.25) is 0 Å². The summed E-state index contributed by atoms with van der Waals surface area (Å²) in [6.07, 6.45) is 2.34. The van der Waals surface area contributed by atoms with Crippen LogP contribution in [-0.4, -0.2) is 19.8 Å². The molecule has 1 fully saturated rings. The summed E-state index contributed by atoms with van der Waals surface area (Å²) in [5, 5.41) is 3.40. The standard InChI is InChI=1S/C16H27NO2/c1-12(2)11-18-8-4-7-17-10-14-5-6-16(19-14)15-9-13(15)3/h5-6,12-13,15,17H,4,7-11H2,1-3H3. The van der Waals surface area contributed by atoms with Crippen molar-refractivity contribution in [2.75, 3.05) is 19.8 Å². The first-order valence-corrected chi connectivity index (χ1v) is 7.54. The lowest BCUT2D eigenvalue weighted by molar-refractivity contribution is 0.108. The van der Waals surface area contributed by atoms with Crippen molar-refractivity contribution in [2.24, 2.45) is 11.8 Å². The van der Waals surface area contributed by atoms with Gasteiger partial charge in [-0.05, 0) is 43.4 Å². The SMILES string of the molecule is CC(C)COCCCNCc1ccc(C2CC2C)o1. The van der Waals surface area contributed by atoms with E-state index in [-0.39, 0.29) is 0 Å². The lowest BCUT2D eigenvalue weighted by atomic mass is 10.2. The molecule has 1 heterocycles. The Morgan fingerprint density at radius 2 is 2.21 bits per heavy atom. The van der Waals surface area contributed by atoms with E-state index in [4.69, 9.17) is 9.15 Å². The fraction of sp³-hybridized carbons (Fsp3) is 0.750. The highest BCUT2D eigenvalue weighted by atomic mass is 16.5. The van der Waals surface area contributed by atoms with Crippen LogP contribution in [0.3, 0.4) is 0 Å². The van der Waals surface area contributed by atoms with Crippen LogP contribution in [0.4, 0.5) is 0 Å². The summed E-state index contributed by atoms with van der Waals surface area (Å²) in [6, 6.07) is 4.24. The van der Waals surface area contributed by atoms with Crippen LogP contribution in [-0.2, 0) is 11.3 Å². The van der Waals surface area contributed by atoms with Gasteiger partial charge in [0.05, 0.1) is 6.54 Å². The topological polar surface area (TPSA) is 34.4 Å². The molecule has 0 radical (unpaired) electrons. The fourth-order valence-electron chi connectivity index (χ4n) is 2.24. The van der Waals surface area contributed by atoms with Gasteiger partial charge in [0.15, 0.2) is 0 Å². The van der Waals surface area contributed by atoms with Gasteiger partial charge in [-0.2, -0.15) is 0 Å². The molecular formula is C16H27NO2. The molecule has 0 saturated heterocycles. The Bertz CT molecular complexity index is 373. The Balaban J connectivity index is 1.52. The number of furan rings is 1. The van der Waals surface area contributed by atoms with Gasteiger partial charge in [0.2, 0.25) is 0 Å². The maximum atomic E-state index is 5.84. The summed E-state index contributed by atoms with van der Waals surface area (Å²) in [7, 11) is 0. The minimum absolute atomic E-state index is 0.624. The van der Waals surface area contributed by atoms with E-state index >= 15 is 0 Å². The van der Waals surface area contributed by atoms with Gasteiger partial charge in [-0.1, -0.05) is 20.8 Å². The second-order valence-electron chi connectivity index (χ2n) is 6.12. The van der Waals surface area contributed by atoms with Crippen LogP contribution in [0.25, 0.3) is 0 Å². The van der Waals surface area contributed by atoms with E-state index < -0.39 is 0 Å². The third-order valence-corrected chi connectivity index (χ3v) is 3.55. The first kappa shape index (κ1) is 14.6. The molecule has 0 spiro atoms. The molecule has 1 aliphatic carbocycles. The molecule has 0 aromatic carbocycles. The van der Waals surface area contributed by atoms with E-state index in [1.54, 1.807) is 0 Å². The van der Waals surface area contributed by atoms with Crippen molar-refractivity contribution in [2.45, 2.75) is 46.1 Å². The maximum absolute atomic E-state index is 5.84. The van der Waals surface area contributed by atoms with Crippen molar-refractivity contribution >= 4 is 0 Å². The minimum Gasteiger partial charge on any atom is -0.464 e. The van der Waals surface area contributed by atoms with Crippen molar-refractivity contribution < 1.29 is 9.15 Å². The maximum Gasteiger partial charge on any atom is 0.117 e. The minimum atomic E-state index is 0.624. The molecule has 2 atom stereocenters. The normalized spacial score (nSPS) is 22.1. The van der Waals surface area contributed by atoms with E-state index in [0.717, 1.165) is 44.4 Å². The summed E-state index contributed by atoms with van der Waals surface area (Å²) in [4.78, 5) is 0. The van der Waals surface area contributed by atoms with Crippen molar-refractivity contribution in [3.8, 4) is 0 Å². The van der Waals surface area contributed by atoms with Crippen molar-refractivity contribution in [1.82, 2.24) is 5.32 Å². The van der Waals surface area contributed by atoms with Crippen LogP contribution < -0.4 is 5.32 Å². The van der Waals surface area contributed by atoms with E-state index in [1.807, 2.05) is 0 Å². The quantitative estimate of drug-likeness (QED) is 0.693. The summed E-state index contributed by atoms with van der Waals surface area (Å²) >= 11 is 0. The molecule has 0 amide bonds. The highest BCUT2D eigenvalue weighted by Gasteiger charge is 2.36. The molecule has 1 N–H and O–H groups in total. The highest BCUT2D eigenvalue weighted by molar-refractivity contribution is 5.17. The molecule has 2 unspecified atom stereocenters. The Labute approximate surface area is 116 Å². The van der Waals surface area contributed by atoms with Crippen molar-refractivity contribution in [3.05, 3.63) is 23.7 Å². The second kappa shape index (κ2) is 7.11. The lowest BCUT2D eigenvalue weighted by Gasteiger charge is -2.07. The summed E-state index contributed by atoms with van der Waals surface area (Å²) in [6.45, 7) is 10.1. The van der Waals surface area contributed by atoms with Gasteiger partial charge < -0.3 is 14.5 Å². The molecule has 1 saturated carbocycles. The molecule has 108 valence electrons. The highest BCUT2D eigenvalue weighted by Crippen LogP contribution is 2.47. The zero-order chi connectivity index (χ0) is 13.7. The number of hydrogen-bond acceptors (Lipinski definition) is 3. The third-order valence-electron chi connectivity index (χ3n) is 3.55. The summed E-state index contributed by atoms with van der Waals surface area (Å²) in [5.41, 5.74) is 0. The third kappa shape index (κ3) is 5.00. The largest absolute Gasteiger partial charge is 0.464 e. The van der Waals surface area contributed by atoms with Gasteiger partial charge in [-0.3, -0.25) is 0 Å². The van der Waals surface area contributed by atoms with E-state index in [0.29, 0.717) is 11.8 Å². The molecule has 3 nitrogen and oxygen atoms in total. The molecule has 0 aliphatic heterocycles. The smallest absolute Gasteiger partial charge is 0.117 e. The van der Waals surface area contributed by atoms with Gasteiger partial charge >= 0.3 is 0 Å². The van der Waals surface area contributed by atoms with Gasteiger partial charge in [0, 0.05) is 19.1 Å².